The predicted octanol–water partition coefficient (Wildman–Crippen LogP) is 0.771. The quantitative estimate of drug-likeness (QED) is 0.389. The standard InChI is InChI=1S/C6H9N3O2/c1-4(9-10)3-6-8-7-5(2)11-6/h10H,3H2,1-2H3. The third kappa shape index (κ3) is 2.03. The lowest BCUT2D eigenvalue weighted by Crippen LogP contribution is -1.97. The molecule has 0 unspecified atom stereocenters. The van der Waals surface area contributed by atoms with Gasteiger partial charge in [-0.1, -0.05) is 5.16 Å². The third-order valence-electron chi connectivity index (χ3n) is 1.15. The van der Waals surface area contributed by atoms with Gasteiger partial charge in [-0.05, 0) is 6.92 Å². The summed E-state index contributed by atoms with van der Waals surface area (Å²) in [5, 5.41) is 18.6. The zero-order valence-corrected chi connectivity index (χ0v) is 6.40. The highest BCUT2D eigenvalue weighted by atomic mass is 16.4. The van der Waals surface area contributed by atoms with Crippen molar-refractivity contribution in [3.8, 4) is 0 Å². The van der Waals surface area contributed by atoms with Crippen LogP contribution in [0.15, 0.2) is 9.57 Å². The lowest BCUT2D eigenvalue weighted by atomic mass is 10.3. The van der Waals surface area contributed by atoms with E-state index in [0.29, 0.717) is 23.9 Å². The van der Waals surface area contributed by atoms with Crippen LogP contribution in [0.3, 0.4) is 0 Å². The second kappa shape index (κ2) is 3.14. The molecule has 1 rings (SSSR count). The zero-order valence-electron chi connectivity index (χ0n) is 6.40. The first-order chi connectivity index (χ1) is 5.22. The van der Waals surface area contributed by atoms with E-state index in [4.69, 9.17) is 9.62 Å². The van der Waals surface area contributed by atoms with Gasteiger partial charge in [0, 0.05) is 6.92 Å². The summed E-state index contributed by atoms with van der Waals surface area (Å²) in [6.07, 6.45) is 0.400. The number of aryl methyl sites for hydroxylation is 1. The molecule has 1 aromatic rings. The molecule has 1 aromatic heterocycles. The van der Waals surface area contributed by atoms with Gasteiger partial charge in [-0.15, -0.1) is 10.2 Å². The second-order valence-corrected chi connectivity index (χ2v) is 2.23. The summed E-state index contributed by atoms with van der Waals surface area (Å²) in [4.78, 5) is 0. The van der Waals surface area contributed by atoms with Crippen molar-refractivity contribution in [1.29, 1.82) is 0 Å². The van der Waals surface area contributed by atoms with Crippen molar-refractivity contribution >= 4 is 5.71 Å². The largest absolute Gasteiger partial charge is 0.425 e. The highest BCUT2D eigenvalue weighted by Crippen LogP contribution is 1.99. The lowest BCUT2D eigenvalue weighted by molar-refractivity contribution is 0.317. The Hall–Kier alpha value is -1.39. The Balaban J connectivity index is 2.65. The smallest absolute Gasteiger partial charge is 0.222 e. The summed E-state index contributed by atoms with van der Waals surface area (Å²) in [5.74, 6) is 0.989. The molecule has 0 saturated heterocycles. The van der Waals surface area contributed by atoms with E-state index in [0.717, 1.165) is 0 Å². The molecule has 0 saturated carbocycles. The topological polar surface area (TPSA) is 71.5 Å². The Morgan fingerprint density at radius 1 is 1.64 bits per heavy atom. The van der Waals surface area contributed by atoms with Crippen LogP contribution in [-0.4, -0.2) is 21.1 Å². The maximum atomic E-state index is 8.30. The Kier molecular flexibility index (Phi) is 2.20. The maximum absolute atomic E-state index is 8.30. The fourth-order valence-corrected chi connectivity index (χ4v) is 0.663. The van der Waals surface area contributed by atoms with Gasteiger partial charge in [0.05, 0.1) is 12.1 Å². The van der Waals surface area contributed by atoms with E-state index in [1.165, 1.54) is 0 Å². The van der Waals surface area contributed by atoms with Gasteiger partial charge >= 0.3 is 0 Å². The normalized spacial score (nSPS) is 12.0. The van der Waals surface area contributed by atoms with E-state index in [1.807, 2.05) is 0 Å². The van der Waals surface area contributed by atoms with Gasteiger partial charge in [-0.3, -0.25) is 0 Å². The molecule has 0 fully saturated rings. The molecular formula is C6H9N3O2. The fourth-order valence-electron chi connectivity index (χ4n) is 0.663. The van der Waals surface area contributed by atoms with Gasteiger partial charge in [-0.25, -0.2) is 0 Å². The van der Waals surface area contributed by atoms with Crippen molar-refractivity contribution in [2.45, 2.75) is 20.3 Å². The number of oxime groups is 1. The Morgan fingerprint density at radius 3 is 2.82 bits per heavy atom. The van der Waals surface area contributed by atoms with Crippen LogP contribution < -0.4 is 0 Å². The molecule has 0 aliphatic carbocycles. The summed E-state index contributed by atoms with van der Waals surface area (Å²) in [6, 6.07) is 0. The molecule has 5 nitrogen and oxygen atoms in total. The van der Waals surface area contributed by atoms with E-state index in [1.54, 1.807) is 13.8 Å². The van der Waals surface area contributed by atoms with Crippen LogP contribution >= 0.6 is 0 Å². The van der Waals surface area contributed by atoms with Crippen molar-refractivity contribution in [2.24, 2.45) is 5.16 Å². The average Bonchev–Trinajstić information content (AvgIpc) is 2.35. The molecule has 0 radical (unpaired) electrons. The fraction of sp³-hybridized carbons (Fsp3) is 0.500. The first kappa shape index (κ1) is 7.71. The van der Waals surface area contributed by atoms with Gasteiger partial charge < -0.3 is 9.62 Å². The first-order valence-corrected chi connectivity index (χ1v) is 3.19. The van der Waals surface area contributed by atoms with Crippen LogP contribution in [0.4, 0.5) is 0 Å². The van der Waals surface area contributed by atoms with Crippen LogP contribution in [-0.2, 0) is 6.42 Å². The highest BCUT2D eigenvalue weighted by molar-refractivity contribution is 5.82. The molecule has 0 aliphatic rings. The average molecular weight is 155 g/mol. The van der Waals surface area contributed by atoms with Crippen LogP contribution in [0.25, 0.3) is 0 Å². The van der Waals surface area contributed by atoms with Crippen molar-refractivity contribution in [3.05, 3.63) is 11.8 Å². The van der Waals surface area contributed by atoms with Crippen LogP contribution in [0.1, 0.15) is 18.7 Å². The van der Waals surface area contributed by atoms with Crippen LogP contribution in [0, 0.1) is 6.92 Å². The minimum atomic E-state index is 0.400. The molecule has 1 N–H and O–H groups in total. The number of nitrogens with zero attached hydrogens (tertiary/aromatic N) is 3. The first-order valence-electron chi connectivity index (χ1n) is 3.19. The van der Waals surface area contributed by atoms with E-state index < -0.39 is 0 Å². The molecule has 5 heteroatoms. The van der Waals surface area contributed by atoms with Gasteiger partial charge in [0.2, 0.25) is 11.8 Å². The number of hydrogen-bond acceptors (Lipinski definition) is 5. The molecule has 0 atom stereocenters. The summed E-state index contributed by atoms with van der Waals surface area (Å²) >= 11 is 0. The lowest BCUT2D eigenvalue weighted by Gasteiger charge is -1.89. The van der Waals surface area contributed by atoms with Crippen LogP contribution in [0.5, 0.6) is 0 Å². The van der Waals surface area contributed by atoms with E-state index in [2.05, 4.69) is 15.4 Å². The molecule has 60 valence electrons. The zero-order chi connectivity index (χ0) is 8.27. The van der Waals surface area contributed by atoms with Crippen molar-refractivity contribution in [2.75, 3.05) is 0 Å². The van der Waals surface area contributed by atoms with Crippen LogP contribution in [0.2, 0.25) is 0 Å². The molecule has 0 bridgehead atoms. The van der Waals surface area contributed by atoms with Gasteiger partial charge in [0.15, 0.2) is 0 Å². The summed E-state index contributed by atoms with van der Waals surface area (Å²) in [7, 11) is 0. The molecule has 11 heavy (non-hydrogen) atoms. The molecule has 0 amide bonds. The molecule has 0 aromatic carbocycles. The highest BCUT2D eigenvalue weighted by Gasteiger charge is 2.03. The Labute approximate surface area is 63.7 Å². The second-order valence-electron chi connectivity index (χ2n) is 2.23. The maximum Gasteiger partial charge on any atom is 0.222 e. The molecular weight excluding hydrogens is 146 g/mol. The summed E-state index contributed by atoms with van der Waals surface area (Å²) in [6.45, 7) is 3.39. The third-order valence-corrected chi connectivity index (χ3v) is 1.15. The summed E-state index contributed by atoms with van der Waals surface area (Å²) < 4.78 is 5.04. The van der Waals surface area contributed by atoms with Crippen molar-refractivity contribution in [1.82, 2.24) is 10.2 Å². The molecule has 0 aliphatic heterocycles. The van der Waals surface area contributed by atoms with Gasteiger partial charge in [-0.2, -0.15) is 0 Å². The van der Waals surface area contributed by atoms with Gasteiger partial charge in [0.1, 0.15) is 0 Å². The van der Waals surface area contributed by atoms with E-state index in [9.17, 15) is 0 Å². The molecule has 1 heterocycles. The van der Waals surface area contributed by atoms with Gasteiger partial charge in [0.25, 0.3) is 0 Å². The minimum Gasteiger partial charge on any atom is -0.425 e. The number of hydrogen-bond donors (Lipinski definition) is 1. The minimum absolute atomic E-state index is 0.400. The van der Waals surface area contributed by atoms with E-state index >= 15 is 0 Å². The predicted molar refractivity (Wildman–Crippen MR) is 37.6 cm³/mol. The Morgan fingerprint density at radius 2 is 2.36 bits per heavy atom. The van der Waals surface area contributed by atoms with E-state index in [-0.39, 0.29) is 0 Å². The Bertz CT molecular complexity index is 267. The van der Waals surface area contributed by atoms with Crippen molar-refractivity contribution in [3.63, 3.8) is 0 Å². The summed E-state index contributed by atoms with van der Waals surface area (Å²) in [5.41, 5.74) is 0.550. The van der Waals surface area contributed by atoms with Crippen molar-refractivity contribution < 1.29 is 9.62 Å². The number of rotatable bonds is 2. The molecule has 0 spiro atoms. The SMILES string of the molecule is CC(Cc1nnc(C)o1)=NO. The monoisotopic (exact) mass is 155 g/mol. The number of aromatic nitrogens is 2.